The van der Waals surface area contributed by atoms with Crippen molar-refractivity contribution >= 4 is 22.4 Å². The molecule has 0 fully saturated rings. The van der Waals surface area contributed by atoms with Crippen LogP contribution in [-0.4, -0.2) is 29.3 Å². The molecule has 0 saturated heterocycles. The van der Waals surface area contributed by atoms with E-state index >= 15 is 0 Å². The minimum absolute atomic E-state index is 0.274. The Morgan fingerprint density at radius 2 is 1.88 bits per heavy atom. The van der Waals surface area contributed by atoms with Gasteiger partial charge in [-0.15, -0.1) is 10.2 Å². The first-order valence-corrected chi connectivity index (χ1v) is 8.89. The number of hydrogen-bond acceptors (Lipinski definition) is 6. The van der Waals surface area contributed by atoms with Crippen LogP contribution in [-0.2, 0) is 4.79 Å². The summed E-state index contributed by atoms with van der Waals surface area (Å²) in [5.41, 5.74) is 1.98. The summed E-state index contributed by atoms with van der Waals surface area (Å²) in [6.45, 7) is 3.67. The minimum Gasteiger partial charge on any atom is -0.497 e. The van der Waals surface area contributed by atoms with Crippen LogP contribution < -0.4 is 14.8 Å². The molecule has 1 atom stereocenters. The van der Waals surface area contributed by atoms with E-state index in [9.17, 15) is 4.79 Å². The number of hydrogen-bond donors (Lipinski definition) is 1. The van der Waals surface area contributed by atoms with Crippen LogP contribution >= 0.6 is 11.3 Å². The summed E-state index contributed by atoms with van der Waals surface area (Å²) in [4.78, 5) is 12.3. The normalized spacial score (nSPS) is 11.7. The number of amides is 1. The number of benzene rings is 2. The lowest BCUT2D eigenvalue weighted by Crippen LogP contribution is -2.30. The number of nitrogens with one attached hydrogen (secondary N) is 1. The maximum atomic E-state index is 12.3. The first-order valence-electron chi connectivity index (χ1n) is 8.07. The van der Waals surface area contributed by atoms with Crippen molar-refractivity contribution in [3.05, 3.63) is 54.1 Å². The summed E-state index contributed by atoms with van der Waals surface area (Å²) in [6, 6.07) is 15.1. The van der Waals surface area contributed by atoms with Crippen molar-refractivity contribution in [2.24, 2.45) is 0 Å². The van der Waals surface area contributed by atoms with E-state index in [4.69, 9.17) is 9.47 Å². The second-order valence-corrected chi connectivity index (χ2v) is 6.68. The Morgan fingerprint density at radius 3 is 2.58 bits per heavy atom. The first kappa shape index (κ1) is 17.9. The predicted octanol–water partition coefficient (Wildman–Crippen LogP) is 3.93. The monoisotopic (exact) mass is 369 g/mol. The van der Waals surface area contributed by atoms with Gasteiger partial charge in [0.25, 0.3) is 5.91 Å². The van der Waals surface area contributed by atoms with Crippen LogP contribution in [0.4, 0.5) is 5.13 Å². The highest BCUT2D eigenvalue weighted by Crippen LogP contribution is 2.28. The molecule has 1 heterocycles. The molecule has 0 radical (unpaired) electrons. The molecule has 1 amide bonds. The fourth-order valence-electron chi connectivity index (χ4n) is 2.28. The molecule has 0 unspecified atom stereocenters. The highest BCUT2D eigenvalue weighted by Gasteiger charge is 2.17. The lowest BCUT2D eigenvalue weighted by molar-refractivity contribution is -0.122. The summed E-state index contributed by atoms with van der Waals surface area (Å²) < 4.78 is 10.8. The van der Waals surface area contributed by atoms with Gasteiger partial charge in [-0.3, -0.25) is 10.1 Å². The van der Waals surface area contributed by atoms with Crippen molar-refractivity contribution in [1.29, 1.82) is 0 Å². The zero-order valence-corrected chi connectivity index (χ0v) is 15.5. The van der Waals surface area contributed by atoms with E-state index in [1.54, 1.807) is 14.0 Å². The summed E-state index contributed by atoms with van der Waals surface area (Å²) in [5.74, 6) is 1.15. The molecular weight excluding hydrogens is 350 g/mol. The van der Waals surface area contributed by atoms with Crippen LogP contribution in [0.2, 0.25) is 0 Å². The van der Waals surface area contributed by atoms with Gasteiger partial charge in [0, 0.05) is 5.56 Å². The average molecular weight is 369 g/mol. The Labute approximate surface area is 155 Å². The Morgan fingerprint density at radius 1 is 1.12 bits per heavy atom. The first-order chi connectivity index (χ1) is 12.5. The zero-order valence-electron chi connectivity index (χ0n) is 14.7. The van der Waals surface area contributed by atoms with Crippen molar-refractivity contribution in [1.82, 2.24) is 10.2 Å². The number of nitrogens with zero attached hydrogens (tertiary/aromatic N) is 2. The molecule has 26 heavy (non-hydrogen) atoms. The zero-order chi connectivity index (χ0) is 18.5. The summed E-state index contributed by atoms with van der Waals surface area (Å²) in [7, 11) is 1.62. The van der Waals surface area contributed by atoms with Crippen LogP contribution in [0.5, 0.6) is 11.5 Å². The third-order valence-electron chi connectivity index (χ3n) is 3.66. The molecule has 0 saturated carbocycles. The SMILES string of the molecule is COc1ccc(-c2nnc(NC(=O)[C@H](C)Oc3cccc(C)c3)s2)cc1. The highest BCUT2D eigenvalue weighted by molar-refractivity contribution is 7.18. The molecule has 134 valence electrons. The van der Waals surface area contributed by atoms with Crippen molar-refractivity contribution in [2.45, 2.75) is 20.0 Å². The Hall–Kier alpha value is -2.93. The van der Waals surface area contributed by atoms with E-state index < -0.39 is 6.10 Å². The van der Waals surface area contributed by atoms with Gasteiger partial charge >= 0.3 is 0 Å². The second kappa shape index (κ2) is 7.97. The fraction of sp³-hybridized carbons (Fsp3) is 0.211. The van der Waals surface area contributed by atoms with E-state index in [0.717, 1.165) is 21.9 Å². The molecule has 7 heteroatoms. The van der Waals surface area contributed by atoms with Crippen LogP contribution in [0.3, 0.4) is 0 Å². The van der Waals surface area contributed by atoms with Gasteiger partial charge in [0.05, 0.1) is 7.11 Å². The maximum absolute atomic E-state index is 12.3. The van der Waals surface area contributed by atoms with Crippen molar-refractivity contribution in [3.63, 3.8) is 0 Å². The molecular formula is C19H19N3O3S. The number of ether oxygens (including phenoxy) is 2. The molecule has 1 aromatic heterocycles. The quantitative estimate of drug-likeness (QED) is 0.713. The maximum Gasteiger partial charge on any atom is 0.266 e. The summed E-state index contributed by atoms with van der Waals surface area (Å²) >= 11 is 1.30. The van der Waals surface area contributed by atoms with Crippen LogP contribution in [0, 0.1) is 6.92 Å². The number of aromatic nitrogens is 2. The van der Waals surface area contributed by atoms with E-state index in [2.05, 4.69) is 15.5 Å². The molecule has 0 aliphatic rings. The highest BCUT2D eigenvalue weighted by atomic mass is 32.1. The molecule has 3 aromatic rings. The second-order valence-electron chi connectivity index (χ2n) is 5.71. The number of rotatable bonds is 6. The van der Waals surface area contributed by atoms with Crippen LogP contribution in [0.25, 0.3) is 10.6 Å². The van der Waals surface area contributed by atoms with Crippen molar-refractivity contribution in [2.75, 3.05) is 12.4 Å². The van der Waals surface area contributed by atoms with Crippen LogP contribution in [0.15, 0.2) is 48.5 Å². The van der Waals surface area contributed by atoms with Gasteiger partial charge in [0.15, 0.2) is 6.10 Å². The molecule has 0 bridgehead atoms. The third-order valence-corrected chi connectivity index (χ3v) is 4.55. The minimum atomic E-state index is -0.648. The topological polar surface area (TPSA) is 73.3 Å². The van der Waals surface area contributed by atoms with E-state index in [0.29, 0.717) is 10.9 Å². The molecule has 2 aromatic carbocycles. The largest absolute Gasteiger partial charge is 0.497 e. The Bertz CT molecular complexity index is 893. The average Bonchev–Trinajstić information content (AvgIpc) is 3.10. The number of carbonyl (C=O) groups is 1. The summed E-state index contributed by atoms with van der Waals surface area (Å²) in [6.07, 6.45) is -0.648. The van der Waals surface area contributed by atoms with Gasteiger partial charge < -0.3 is 9.47 Å². The van der Waals surface area contributed by atoms with Gasteiger partial charge in [-0.1, -0.05) is 23.5 Å². The summed E-state index contributed by atoms with van der Waals surface area (Å²) in [5, 5.41) is 12.0. The predicted molar refractivity (Wildman–Crippen MR) is 102 cm³/mol. The fourth-order valence-corrected chi connectivity index (χ4v) is 3.03. The molecule has 6 nitrogen and oxygen atoms in total. The van der Waals surface area contributed by atoms with Gasteiger partial charge in [0.1, 0.15) is 16.5 Å². The molecule has 0 aliphatic carbocycles. The Kier molecular flexibility index (Phi) is 5.48. The number of aryl methyl sites for hydroxylation is 1. The van der Waals surface area contributed by atoms with Crippen LogP contribution in [0.1, 0.15) is 12.5 Å². The van der Waals surface area contributed by atoms with Gasteiger partial charge in [-0.2, -0.15) is 0 Å². The molecule has 0 spiro atoms. The molecule has 3 rings (SSSR count). The standard InChI is InChI=1S/C19H19N3O3S/c1-12-5-4-6-16(11-12)25-13(2)17(23)20-19-22-21-18(26-19)14-7-9-15(24-3)10-8-14/h4-11,13H,1-3H3,(H,20,22,23)/t13-/m0/s1. The molecule has 1 N–H and O–H groups in total. The lowest BCUT2D eigenvalue weighted by atomic mass is 10.2. The van der Waals surface area contributed by atoms with E-state index in [1.165, 1.54) is 11.3 Å². The van der Waals surface area contributed by atoms with Gasteiger partial charge in [0.2, 0.25) is 5.13 Å². The lowest BCUT2D eigenvalue weighted by Gasteiger charge is -2.13. The van der Waals surface area contributed by atoms with Crippen molar-refractivity contribution in [3.8, 4) is 22.1 Å². The van der Waals surface area contributed by atoms with Gasteiger partial charge in [-0.05, 0) is 55.8 Å². The molecule has 0 aliphatic heterocycles. The number of anilines is 1. The smallest absolute Gasteiger partial charge is 0.266 e. The van der Waals surface area contributed by atoms with Gasteiger partial charge in [-0.25, -0.2) is 0 Å². The Balaban J connectivity index is 1.63. The number of carbonyl (C=O) groups excluding carboxylic acids is 1. The third kappa shape index (κ3) is 4.37. The van der Waals surface area contributed by atoms with E-state index in [-0.39, 0.29) is 5.91 Å². The number of methoxy groups -OCH3 is 1. The van der Waals surface area contributed by atoms with Crippen molar-refractivity contribution < 1.29 is 14.3 Å². The van der Waals surface area contributed by atoms with E-state index in [1.807, 2.05) is 55.5 Å².